The zero-order valence-electron chi connectivity index (χ0n) is 13.1. The maximum Gasteiger partial charge on any atom is 0.234 e. The van der Waals surface area contributed by atoms with Crippen molar-refractivity contribution in [1.82, 2.24) is 20.4 Å². The summed E-state index contributed by atoms with van der Waals surface area (Å²) in [4.78, 5) is 7.06. The first kappa shape index (κ1) is 14.9. The lowest BCUT2D eigenvalue weighted by molar-refractivity contribution is -0.0334. The van der Waals surface area contributed by atoms with Crippen molar-refractivity contribution in [2.75, 3.05) is 39.3 Å². The van der Waals surface area contributed by atoms with Crippen molar-refractivity contribution < 1.29 is 9.26 Å². The maximum atomic E-state index is 5.82. The third kappa shape index (κ3) is 2.98. The average molecular weight is 294 g/mol. The van der Waals surface area contributed by atoms with Crippen molar-refractivity contribution in [1.29, 1.82) is 0 Å². The highest BCUT2D eigenvalue weighted by molar-refractivity contribution is 5.09. The molecule has 0 saturated carbocycles. The predicted molar refractivity (Wildman–Crippen MR) is 79.2 cm³/mol. The van der Waals surface area contributed by atoms with Crippen LogP contribution in [0.25, 0.3) is 0 Å². The summed E-state index contributed by atoms with van der Waals surface area (Å²) >= 11 is 0. The van der Waals surface area contributed by atoms with Crippen molar-refractivity contribution in [3.8, 4) is 0 Å². The van der Waals surface area contributed by atoms with Crippen LogP contribution >= 0.6 is 0 Å². The Morgan fingerprint density at radius 2 is 2.33 bits per heavy atom. The first-order valence-corrected chi connectivity index (χ1v) is 8.16. The van der Waals surface area contributed by atoms with Crippen LogP contribution in [0.5, 0.6) is 0 Å². The predicted octanol–water partition coefficient (Wildman–Crippen LogP) is 1.49. The summed E-state index contributed by atoms with van der Waals surface area (Å²) in [7, 11) is 0. The monoisotopic (exact) mass is 294 g/mol. The molecule has 1 aromatic rings. The molecule has 0 radical (unpaired) electrons. The Morgan fingerprint density at radius 1 is 1.43 bits per heavy atom. The summed E-state index contributed by atoms with van der Waals surface area (Å²) in [6, 6.07) is 0. The minimum absolute atomic E-state index is 0.00259. The number of ether oxygens (including phenoxy) is 1. The molecule has 1 N–H and O–H groups in total. The molecule has 0 aromatic carbocycles. The number of aromatic nitrogens is 2. The van der Waals surface area contributed by atoms with Gasteiger partial charge in [-0.25, -0.2) is 0 Å². The van der Waals surface area contributed by atoms with Gasteiger partial charge in [0, 0.05) is 19.6 Å². The largest absolute Gasteiger partial charge is 0.367 e. The molecule has 3 rings (SSSR count). The zero-order valence-corrected chi connectivity index (χ0v) is 13.1. The van der Waals surface area contributed by atoms with E-state index >= 15 is 0 Å². The smallest absolute Gasteiger partial charge is 0.234 e. The summed E-state index contributed by atoms with van der Waals surface area (Å²) in [6.45, 7) is 10.00. The highest BCUT2D eigenvalue weighted by Crippen LogP contribution is 2.34. The van der Waals surface area contributed by atoms with E-state index < -0.39 is 0 Å². The quantitative estimate of drug-likeness (QED) is 0.908. The van der Waals surface area contributed by atoms with Gasteiger partial charge < -0.3 is 14.6 Å². The topological polar surface area (TPSA) is 63.4 Å². The van der Waals surface area contributed by atoms with Crippen LogP contribution in [0.3, 0.4) is 0 Å². The molecule has 0 spiro atoms. The van der Waals surface area contributed by atoms with Gasteiger partial charge in [-0.05, 0) is 32.4 Å². The molecule has 21 heavy (non-hydrogen) atoms. The van der Waals surface area contributed by atoms with E-state index in [1.54, 1.807) is 0 Å². The second-order valence-electron chi connectivity index (χ2n) is 6.12. The number of hydrogen-bond acceptors (Lipinski definition) is 6. The van der Waals surface area contributed by atoms with Crippen molar-refractivity contribution in [3.63, 3.8) is 0 Å². The zero-order chi connectivity index (χ0) is 14.7. The summed E-state index contributed by atoms with van der Waals surface area (Å²) in [5.74, 6) is 1.49. The Hall–Kier alpha value is -0.980. The summed E-state index contributed by atoms with van der Waals surface area (Å²) in [5.41, 5.74) is 0.00259. The lowest BCUT2D eigenvalue weighted by Gasteiger charge is -2.33. The molecule has 3 heterocycles. The number of morpholine rings is 1. The second kappa shape index (κ2) is 6.42. The molecule has 118 valence electrons. The number of likely N-dealkylation sites (N-methyl/N-ethyl adjacent to an activating group) is 1. The summed E-state index contributed by atoms with van der Waals surface area (Å²) < 4.78 is 11.4. The van der Waals surface area contributed by atoms with Gasteiger partial charge in [-0.2, -0.15) is 4.98 Å². The van der Waals surface area contributed by atoms with Crippen LogP contribution in [0.4, 0.5) is 0 Å². The summed E-state index contributed by atoms with van der Waals surface area (Å²) in [5, 5.41) is 7.67. The Kier molecular flexibility index (Phi) is 4.57. The van der Waals surface area contributed by atoms with E-state index in [0.717, 1.165) is 64.5 Å². The van der Waals surface area contributed by atoms with E-state index in [4.69, 9.17) is 14.2 Å². The minimum atomic E-state index is -0.0540. The molecule has 1 aromatic heterocycles. The first-order valence-electron chi connectivity index (χ1n) is 8.16. The molecule has 2 fully saturated rings. The standard InChI is InChI=1S/C15H26N4O2/c1-3-15(6-5-7-16-11-15)14-17-13(18-21-14)12-10-19(4-2)8-9-20-12/h12,16H,3-11H2,1-2H3. The molecular formula is C15H26N4O2. The molecule has 2 aliphatic rings. The lowest BCUT2D eigenvalue weighted by Crippen LogP contribution is -2.43. The van der Waals surface area contributed by atoms with Crippen molar-refractivity contribution in [2.24, 2.45) is 0 Å². The first-order chi connectivity index (χ1) is 10.3. The van der Waals surface area contributed by atoms with E-state index in [0.29, 0.717) is 5.82 Å². The lowest BCUT2D eigenvalue weighted by atomic mass is 9.78. The Morgan fingerprint density at radius 3 is 3.05 bits per heavy atom. The van der Waals surface area contributed by atoms with E-state index in [2.05, 4.69) is 29.2 Å². The van der Waals surface area contributed by atoms with Crippen molar-refractivity contribution in [3.05, 3.63) is 11.7 Å². The third-order valence-electron chi connectivity index (χ3n) is 4.93. The van der Waals surface area contributed by atoms with Crippen LogP contribution in [0.2, 0.25) is 0 Å². The van der Waals surface area contributed by atoms with Gasteiger partial charge in [0.15, 0.2) is 0 Å². The van der Waals surface area contributed by atoms with E-state index in [9.17, 15) is 0 Å². The van der Waals surface area contributed by atoms with Gasteiger partial charge in [-0.3, -0.25) is 4.90 Å². The molecule has 0 aliphatic carbocycles. The molecular weight excluding hydrogens is 268 g/mol. The fraction of sp³-hybridized carbons (Fsp3) is 0.867. The third-order valence-corrected chi connectivity index (χ3v) is 4.93. The summed E-state index contributed by atoms with van der Waals surface area (Å²) in [6.07, 6.45) is 3.25. The molecule has 2 atom stereocenters. The van der Waals surface area contributed by atoms with Crippen LogP contribution in [-0.4, -0.2) is 54.4 Å². The fourth-order valence-electron chi connectivity index (χ4n) is 3.33. The van der Waals surface area contributed by atoms with Crippen molar-refractivity contribution >= 4 is 0 Å². The molecule has 2 unspecified atom stereocenters. The van der Waals surface area contributed by atoms with Gasteiger partial charge in [-0.15, -0.1) is 0 Å². The van der Waals surface area contributed by atoms with Gasteiger partial charge in [0.25, 0.3) is 0 Å². The van der Waals surface area contributed by atoms with Crippen LogP contribution in [-0.2, 0) is 10.2 Å². The van der Waals surface area contributed by atoms with E-state index in [1.165, 1.54) is 0 Å². The Balaban J connectivity index is 1.76. The SMILES string of the molecule is CCN1CCOC(c2noc(C3(CC)CCCNC3)n2)C1. The van der Waals surface area contributed by atoms with Crippen LogP contribution in [0.1, 0.15) is 50.9 Å². The van der Waals surface area contributed by atoms with Gasteiger partial charge in [0.05, 0.1) is 12.0 Å². The second-order valence-corrected chi connectivity index (χ2v) is 6.12. The molecule has 2 aliphatic heterocycles. The van der Waals surface area contributed by atoms with Crippen LogP contribution in [0, 0.1) is 0 Å². The van der Waals surface area contributed by atoms with E-state index in [1.807, 2.05) is 0 Å². The molecule has 6 nitrogen and oxygen atoms in total. The normalized spacial score (nSPS) is 31.4. The van der Waals surface area contributed by atoms with Gasteiger partial charge in [0.2, 0.25) is 11.7 Å². The highest BCUT2D eigenvalue weighted by atomic mass is 16.5. The minimum Gasteiger partial charge on any atom is -0.367 e. The van der Waals surface area contributed by atoms with Crippen LogP contribution < -0.4 is 5.32 Å². The number of hydrogen-bond donors (Lipinski definition) is 1. The molecule has 2 saturated heterocycles. The number of nitrogens with one attached hydrogen (secondary N) is 1. The molecule has 0 amide bonds. The number of rotatable bonds is 4. The Labute approximate surface area is 126 Å². The highest BCUT2D eigenvalue weighted by Gasteiger charge is 2.38. The number of piperidine rings is 1. The van der Waals surface area contributed by atoms with Gasteiger partial charge >= 0.3 is 0 Å². The molecule has 0 bridgehead atoms. The van der Waals surface area contributed by atoms with E-state index in [-0.39, 0.29) is 11.5 Å². The van der Waals surface area contributed by atoms with Crippen molar-refractivity contribution in [2.45, 2.75) is 44.6 Å². The van der Waals surface area contributed by atoms with Gasteiger partial charge in [-0.1, -0.05) is 19.0 Å². The average Bonchev–Trinajstić information content (AvgIpc) is 3.06. The molecule has 6 heteroatoms. The number of nitrogens with zero attached hydrogens (tertiary/aromatic N) is 3. The van der Waals surface area contributed by atoms with Crippen LogP contribution in [0.15, 0.2) is 4.52 Å². The fourth-order valence-corrected chi connectivity index (χ4v) is 3.33. The van der Waals surface area contributed by atoms with Gasteiger partial charge in [0.1, 0.15) is 6.10 Å². The maximum absolute atomic E-state index is 5.82. The Bertz CT molecular complexity index is 456.